The Hall–Kier alpha value is -1.64. The van der Waals surface area contributed by atoms with Crippen LogP contribution in [0.2, 0.25) is 0 Å². The fourth-order valence-corrected chi connectivity index (χ4v) is 3.05. The zero-order valence-corrected chi connectivity index (χ0v) is 12.5. The second-order valence-corrected chi connectivity index (χ2v) is 6.15. The van der Waals surface area contributed by atoms with E-state index in [1.165, 1.54) is 4.90 Å². The van der Waals surface area contributed by atoms with Crippen molar-refractivity contribution < 1.29 is 9.59 Å². The van der Waals surface area contributed by atoms with Gasteiger partial charge in [-0.05, 0) is 30.7 Å². The summed E-state index contributed by atoms with van der Waals surface area (Å²) in [6, 6.07) is 9.57. The van der Waals surface area contributed by atoms with Crippen LogP contribution in [-0.4, -0.2) is 16.7 Å². The molecular formula is C17H23NO2. The van der Waals surface area contributed by atoms with Crippen molar-refractivity contribution in [3.05, 3.63) is 35.9 Å². The predicted octanol–water partition coefficient (Wildman–Crippen LogP) is 3.56. The minimum Gasteiger partial charge on any atom is -0.275 e. The van der Waals surface area contributed by atoms with Crippen molar-refractivity contribution in [2.45, 2.75) is 46.1 Å². The van der Waals surface area contributed by atoms with Crippen LogP contribution in [0.3, 0.4) is 0 Å². The van der Waals surface area contributed by atoms with Gasteiger partial charge >= 0.3 is 0 Å². The summed E-state index contributed by atoms with van der Waals surface area (Å²) >= 11 is 0. The molecule has 0 spiro atoms. The summed E-state index contributed by atoms with van der Waals surface area (Å²) in [5.74, 6) is 0.694. The smallest absolute Gasteiger partial charge is 0.230 e. The molecule has 1 aromatic rings. The Kier molecular flexibility index (Phi) is 4.58. The van der Waals surface area contributed by atoms with E-state index in [4.69, 9.17) is 0 Å². The number of benzene rings is 1. The van der Waals surface area contributed by atoms with Gasteiger partial charge in [0.25, 0.3) is 0 Å². The lowest BCUT2D eigenvalue weighted by Crippen LogP contribution is -2.44. The van der Waals surface area contributed by atoms with E-state index in [1.807, 2.05) is 37.3 Å². The van der Waals surface area contributed by atoms with E-state index >= 15 is 0 Å². The molecule has 3 heteroatoms. The van der Waals surface area contributed by atoms with E-state index in [9.17, 15) is 9.59 Å². The zero-order chi connectivity index (χ0) is 14.7. The number of hydrogen-bond donors (Lipinski definition) is 0. The number of hydrogen-bond acceptors (Lipinski definition) is 2. The fraction of sp³-hybridized carbons (Fsp3) is 0.529. The predicted molar refractivity (Wildman–Crippen MR) is 78.9 cm³/mol. The molecule has 0 unspecified atom stereocenters. The van der Waals surface area contributed by atoms with Gasteiger partial charge in [-0.3, -0.25) is 14.5 Å². The molecule has 0 radical (unpaired) electrons. The maximum Gasteiger partial charge on any atom is 0.230 e. The average Bonchev–Trinajstić information content (AvgIpc) is 2.38. The third-order valence-corrected chi connectivity index (χ3v) is 3.94. The summed E-state index contributed by atoms with van der Waals surface area (Å²) in [6.07, 6.45) is 1.95. The number of piperidine rings is 1. The van der Waals surface area contributed by atoms with Gasteiger partial charge in [0, 0.05) is 12.8 Å². The van der Waals surface area contributed by atoms with E-state index in [-0.39, 0.29) is 23.8 Å². The van der Waals surface area contributed by atoms with Crippen molar-refractivity contribution in [1.29, 1.82) is 0 Å². The van der Waals surface area contributed by atoms with Gasteiger partial charge in [0.15, 0.2) is 0 Å². The maximum atomic E-state index is 12.3. The van der Waals surface area contributed by atoms with Gasteiger partial charge in [-0.25, -0.2) is 0 Å². The minimum atomic E-state index is -0.170. The summed E-state index contributed by atoms with van der Waals surface area (Å²) in [6.45, 7) is 6.19. The molecule has 1 aromatic carbocycles. The van der Waals surface area contributed by atoms with Crippen LogP contribution in [0.5, 0.6) is 0 Å². The average molecular weight is 273 g/mol. The van der Waals surface area contributed by atoms with E-state index in [2.05, 4.69) is 13.8 Å². The number of rotatable bonds is 4. The van der Waals surface area contributed by atoms with Gasteiger partial charge < -0.3 is 0 Å². The summed E-state index contributed by atoms with van der Waals surface area (Å²) in [5.41, 5.74) is 1.01. The lowest BCUT2D eigenvalue weighted by Gasteiger charge is -2.34. The van der Waals surface area contributed by atoms with Crippen LogP contribution in [-0.2, 0) is 9.59 Å². The van der Waals surface area contributed by atoms with E-state index in [0.717, 1.165) is 12.0 Å². The normalized spacial score (nSPS) is 18.7. The third kappa shape index (κ3) is 3.27. The molecule has 108 valence electrons. The molecule has 0 aromatic heterocycles. The zero-order valence-electron chi connectivity index (χ0n) is 12.5. The highest BCUT2D eigenvalue weighted by atomic mass is 16.2. The summed E-state index contributed by atoms with van der Waals surface area (Å²) in [4.78, 5) is 26.1. The molecule has 0 aliphatic carbocycles. The summed E-state index contributed by atoms with van der Waals surface area (Å²) < 4.78 is 0. The van der Waals surface area contributed by atoms with E-state index < -0.39 is 0 Å². The number of carbonyl (C=O) groups is 2. The topological polar surface area (TPSA) is 37.4 Å². The van der Waals surface area contributed by atoms with Gasteiger partial charge in [0.1, 0.15) is 0 Å². The van der Waals surface area contributed by atoms with Crippen LogP contribution in [0.4, 0.5) is 0 Å². The van der Waals surface area contributed by atoms with Gasteiger partial charge in [0.05, 0.1) is 6.04 Å². The minimum absolute atomic E-state index is 0.0248. The molecule has 2 amide bonds. The first-order valence-corrected chi connectivity index (χ1v) is 7.39. The standard InChI is InChI=1S/C17H23NO2/c1-12(2)9-14-10-16(19)18(17(20)11-14)13(3)15-7-5-4-6-8-15/h4-8,12-14H,9-11H2,1-3H3/t13-/m1/s1. The Morgan fingerprint density at radius 2 is 1.60 bits per heavy atom. The molecule has 0 bridgehead atoms. The lowest BCUT2D eigenvalue weighted by atomic mass is 9.87. The van der Waals surface area contributed by atoms with Crippen LogP contribution in [0, 0.1) is 11.8 Å². The van der Waals surface area contributed by atoms with Crippen molar-refractivity contribution in [3.8, 4) is 0 Å². The van der Waals surface area contributed by atoms with Crippen molar-refractivity contribution in [3.63, 3.8) is 0 Å². The second kappa shape index (κ2) is 6.21. The van der Waals surface area contributed by atoms with Crippen molar-refractivity contribution in [1.82, 2.24) is 4.90 Å². The number of imide groups is 1. The third-order valence-electron chi connectivity index (χ3n) is 3.94. The molecule has 1 heterocycles. The molecule has 1 atom stereocenters. The Bertz CT molecular complexity index is 463. The largest absolute Gasteiger partial charge is 0.275 e. The highest BCUT2D eigenvalue weighted by molar-refractivity contribution is 5.98. The first-order chi connectivity index (χ1) is 9.49. The van der Waals surface area contributed by atoms with Gasteiger partial charge in [-0.15, -0.1) is 0 Å². The highest BCUT2D eigenvalue weighted by Crippen LogP contribution is 2.31. The molecule has 0 N–H and O–H groups in total. The van der Waals surface area contributed by atoms with Crippen molar-refractivity contribution in [2.24, 2.45) is 11.8 Å². The quantitative estimate of drug-likeness (QED) is 0.787. The second-order valence-electron chi connectivity index (χ2n) is 6.15. The van der Waals surface area contributed by atoms with Crippen LogP contribution in [0.25, 0.3) is 0 Å². The van der Waals surface area contributed by atoms with Crippen LogP contribution in [0.15, 0.2) is 30.3 Å². The first kappa shape index (κ1) is 14.8. The molecule has 2 rings (SSSR count). The van der Waals surface area contributed by atoms with Gasteiger partial charge in [-0.1, -0.05) is 44.2 Å². The van der Waals surface area contributed by atoms with Crippen LogP contribution >= 0.6 is 0 Å². The molecule has 0 saturated carbocycles. The number of likely N-dealkylation sites (tertiary alicyclic amines) is 1. The van der Waals surface area contributed by atoms with Crippen LogP contribution in [0.1, 0.15) is 51.6 Å². The fourth-order valence-electron chi connectivity index (χ4n) is 3.05. The van der Waals surface area contributed by atoms with Crippen LogP contribution < -0.4 is 0 Å². The number of nitrogens with zero attached hydrogens (tertiary/aromatic N) is 1. The van der Waals surface area contributed by atoms with Crippen molar-refractivity contribution in [2.75, 3.05) is 0 Å². The first-order valence-electron chi connectivity index (χ1n) is 7.39. The Morgan fingerprint density at radius 3 is 2.10 bits per heavy atom. The molecule has 20 heavy (non-hydrogen) atoms. The molecule has 3 nitrogen and oxygen atoms in total. The SMILES string of the molecule is CC(C)CC1CC(=O)N([C@H](C)c2ccccc2)C(=O)C1. The Balaban J connectivity index is 2.10. The molecular weight excluding hydrogens is 250 g/mol. The Morgan fingerprint density at radius 1 is 1.05 bits per heavy atom. The number of amides is 2. The molecule has 1 saturated heterocycles. The number of carbonyl (C=O) groups excluding carboxylic acids is 2. The van der Waals surface area contributed by atoms with Gasteiger partial charge in [-0.2, -0.15) is 0 Å². The van der Waals surface area contributed by atoms with Gasteiger partial charge in [0.2, 0.25) is 11.8 Å². The monoisotopic (exact) mass is 273 g/mol. The van der Waals surface area contributed by atoms with E-state index in [1.54, 1.807) is 0 Å². The van der Waals surface area contributed by atoms with Crippen molar-refractivity contribution >= 4 is 11.8 Å². The lowest BCUT2D eigenvalue weighted by molar-refractivity contribution is -0.153. The highest BCUT2D eigenvalue weighted by Gasteiger charge is 2.35. The van der Waals surface area contributed by atoms with E-state index in [0.29, 0.717) is 18.8 Å². The maximum absolute atomic E-state index is 12.3. The molecule has 1 aliphatic heterocycles. The molecule has 1 aliphatic rings. The summed E-state index contributed by atoms with van der Waals surface area (Å²) in [7, 11) is 0. The summed E-state index contributed by atoms with van der Waals surface area (Å²) in [5, 5.41) is 0. The molecule has 1 fully saturated rings. The Labute approximate surface area is 121 Å².